The third-order valence-corrected chi connectivity index (χ3v) is 4.67. The number of rotatable bonds is 4. The van der Waals surface area contributed by atoms with E-state index >= 15 is 0 Å². The van der Waals surface area contributed by atoms with Gasteiger partial charge in [-0.05, 0) is 23.8 Å². The zero-order chi connectivity index (χ0) is 21.8. The van der Waals surface area contributed by atoms with Gasteiger partial charge in [0.1, 0.15) is 5.82 Å². The Morgan fingerprint density at radius 2 is 1.42 bits per heavy atom. The minimum atomic E-state index is -0.812. The van der Waals surface area contributed by atoms with Crippen molar-refractivity contribution in [1.29, 1.82) is 0 Å². The molecule has 1 aromatic heterocycles. The molecule has 0 atom stereocenters. The summed E-state index contributed by atoms with van der Waals surface area (Å²) < 4.78 is 15.0. The van der Waals surface area contributed by atoms with Crippen molar-refractivity contribution in [2.24, 2.45) is 0 Å². The van der Waals surface area contributed by atoms with Gasteiger partial charge in [-0.2, -0.15) is 5.10 Å². The molecule has 0 bridgehead atoms. The molecule has 0 unspecified atom stereocenters. The molecule has 0 aliphatic carbocycles. The van der Waals surface area contributed by atoms with E-state index in [9.17, 15) is 18.8 Å². The maximum Gasteiger partial charge on any atom is 0.290 e. The molecule has 4 rings (SSSR count). The minimum Gasteiger partial charge on any atom is -0.267 e. The molecule has 154 valence electrons. The van der Waals surface area contributed by atoms with Crippen molar-refractivity contribution in [3.05, 3.63) is 112 Å². The Balaban J connectivity index is 1.65. The van der Waals surface area contributed by atoms with Gasteiger partial charge in [0.05, 0.1) is 17.5 Å². The number of carbonyl (C=O) groups excluding carboxylic acids is 2. The summed E-state index contributed by atoms with van der Waals surface area (Å²) in [5.41, 5.74) is 4.67. The molecule has 3 aromatic carbocycles. The van der Waals surface area contributed by atoms with E-state index in [0.717, 1.165) is 11.6 Å². The topological polar surface area (TPSA) is 93.1 Å². The first-order chi connectivity index (χ1) is 15.0. The van der Waals surface area contributed by atoms with Crippen LogP contribution in [-0.2, 0) is 6.54 Å². The average Bonchev–Trinajstić information content (AvgIpc) is 2.80. The van der Waals surface area contributed by atoms with Gasteiger partial charge < -0.3 is 0 Å². The van der Waals surface area contributed by atoms with Gasteiger partial charge in [0.25, 0.3) is 17.4 Å². The van der Waals surface area contributed by atoms with Crippen molar-refractivity contribution in [3.8, 4) is 0 Å². The number of fused-ring (bicyclic) bond motifs is 1. The van der Waals surface area contributed by atoms with Crippen LogP contribution in [0.15, 0.2) is 83.7 Å². The second kappa shape index (κ2) is 8.58. The van der Waals surface area contributed by atoms with Gasteiger partial charge in [-0.25, -0.2) is 9.07 Å². The quantitative estimate of drug-likeness (QED) is 0.500. The van der Waals surface area contributed by atoms with Crippen LogP contribution in [-0.4, -0.2) is 21.6 Å². The Morgan fingerprint density at radius 1 is 0.806 bits per heavy atom. The van der Waals surface area contributed by atoms with Gasteiger partial charge in [0.2, 0.25) is 0 Å². The van der Waals surface area contributed by atoms with Gasteiger partial charge in [0.15, 0.2) is 5.69 Å². The van der Waals surface area contributed by atoms with Crippen LogP contribution in [0.4, 0.5) is 4.39 Å². The molecular weight excluding hydrogens is 399 g/mol. The van der Waals surface area contributed by atoms with Crippen LogP contribution in [0, 0.1) is 5.82 Å². The van der Waals surface area contributed by atoms with E-state index in [-0.39, 0.29) is 23.4 Å². The van der Waals surface area contributed by atoms with Gasteiger partial charge in [-0.15, -0.1) is 0 Å². The van der Waals surface area contributed by atoms with E-state index in [1.807, 2.05) is 30.3 Å². The number of hydrogen-bond acceptors (Lipinski definition) is 4. The van der Waals surface area contributed by atoms with Crippen LogP contribution >= 0.6 is 0 Å². The van der Waals surface area contributed by atoms with Crippen molar-refractivity contribution in [1.82, 2.24) is 20.6 Å². The standard InChI is InChI=1S/C23H17FN4O3/c24-19-13-7-6-12-18(19)21(29)25-26-22(30)20-16-10-4-5-11-17(16)23(31)28(27-20)14-15-8-2-1-3-9-15/h1-13H,14H2,(H,25,29)(H,26,30). The van der Waals surface area contributed by atoms with Crippen LogP contribution in [0.5, 0.6) is 0 Å². The normalized spacial score (nSPS) is 10.6. The smallest absolute Gasteiger partial charge is 0.267 e. The van der Waals surface area contributed by atoms with E-state index in [1.54, 1.807) is 24.3 Å². The van der Waals surface area contributed by atoms with E-state index in [4.69, 9.17) is 0 Å². The Hall–Kier alpha value is -4.33. The number of carbonyl (C=O) groups is 2. The van der Waals surface area contributed by atoms with E-state index < -0.39 is 17.6 Å². The zero-order valence-corrected chi connectivity index (χ0v) is 16.2. The third kappa shape index (κ3) is 4.18. The summed E-state index contributed by atoms with van der Waals surface area (Å²) in [6.45, 7) is 0.173. The van der Waals surface area contributed by atoms with Crippen molar-refractivity contribution < 1.29 is 14.0 Å². The highest BCUT2D eigenvalue weighted by atomic mass is 19.1. The lowest BCUT2D eigenvalue weighted by Gasteiger charge is -2.12. The average molecular weight is 416 g/mol. The summed E-state index contributed by atoms with van der Waals surface area (Å²) in [6.07, 6.45) is 0. The van der Waals surface area contributed by atoms with Gasteiger partial charge in [0, 0.05) is 5.39 Å². The summed E-state index contributed by atoms with van der Waals surface area (Å²) in [4.78, 5) is 37.8. The molecule has 1 heterocycles. The molecular formula is C23H17FN4O3. The third-order valence-electron chi connectivity index (χ3n) is 4.67. The lowest BCUT2D eigenvalue weighted by Crippen LogP contribution is -2.43. The van der Waals surface area contributed by atoms with Crippen LogP contribution < -0.4 is 16.4 Å². The summed E-state index contributed by atoms with van der Waals surface area (Å²) in [5, 5.41) is 4.89. The first kappa shape index (κ1) is 20.0. The molecule has 0 radical (unpaired) electrons. The van der Waals surface area contributed by atoms with Gasteiger partial charge in [-0.3, -0.25) is 25.2 Å². The predicted octanol–water partition coefficient (Wildman–Crippen LogP) is 2.66. The molecule has 7 nitrogen and oxygen atoms in total. The van der Waals surface area contributed by atoms with Crippen LogP contribution in [0.3, 0.4) is 0 Å². The lowest BCUT2D eigenvalue weighted by atomic mass is 10.1. The molecule has 8 heteroatoms. The molecule has 0 aliphatic heterocycles. The Morgan fingerprint density at radius 3 is 2.16 bits per heavy atom. The number of halogens is 1. The van der Waals surface area contributed by atoms with E-state index in [0.29, 0.717) is 10.8 Å². The fourth-order valence-corrected chi connectivity index (χ4v) is 3.15. The van der Waals surface area contributed by atoms with Gasteiger partial charge >= 0.3 is 0 Å². The fourth-order valence-electron chi connectivity index (χ4n) is 3.15. The molecule has 2 N–H and O–H groups in total. The van der Waals surface area contributed by atoms with Crippen molar-refractivity contribution in [3.63, 3.8) is 0 Å². The number of amides is 2. The van der Waals surface area contributed by atoms with Crippen molar-refractivity contribution in [2.45, 2.75) is 6.54 Å². The van der Waals surface area contributed by atoms with E-state index in [1.165, 1.54) is 22.9 Å². The highest BCUT2D eigenvalue weighted by molar-refractivity contribution is 6.06. The molecule has 0 aliphatic rings. The molecule has 0 saturated carbocycles. The second-order valence-corrected chi connectivity index (χ2v) is 6.73. The summed E-state index contributed by atoms with van der Waals surface area (Å²) in [7, 11) is 0. The molecule has 0 saturated heterocycles. The van der Waals surface area contributed by atoms with Crippen LogP contribution in [0.25, 0.3) is 10.8 Å². The molecule has 31 heavy (non-hydrogen) atoms. The number of nitrogens with one attached hydrogen (secondary N) is 2. The largest absolute Gasteiger partial charge is 0.290 e. The number of aromatic nitrogens is 2. The summed E-state index contributed by atoms with van der Waals surface area (Å²) in [5.74, 6) is -2.26. The fraction of sp³-hybridized carbons (Fsp3) is 0.0435. The summed E-state index contributed by atoms with van der Waals surface area (Å²) in [6, 6.07) is 21.2. The highest BCUT2D eigenvalue weighted by Crippen LogP contribution is 2.14. The Labute approximate surface area is 176 Å². The zero-order valence-electron chi connectivity index (χ0n) is 16.2. The lowest BCUT2D eigenvalue weighted by molar-refractivity contribution is 0.0841. The maximum absolute atomic E-state index is 13.8. The number of hydrogen-bond donors (Lipinski definition) is 2. The molecule has 2 amide bonds. The van der Waals surface area contributed by atoms with Crippen molar-refractivity contribution >= 4 is 22.6 Å². The van der Waals surface area contributed by atoms with Crippen LogP contribution in [0.1, 0.15) is 26.4 Å². The minimum absolute atomic E-state index is 0.0417. The summed E-state index contributed by atoms with van der Waals surface area (Å²) >= 11 is 0. The first-order valence-corrected chi connectivity index (χ1v) is 9.43. The SMILES string of the molecule is O=C(NNC(=O)c1nn(Cc2ccccc2)c(=O)c2ccccc12)c1ccccc1F. The first-order valence-electron chi connectivity index (χ1n) is 9.43. The second-order valence-electron chi connectivity index (χ2n) is 6.73. The molecule has 0 fully saturated rings. The van der Waals surface area contributed by atoms with Crippen LogP contribution in [0.2, 0.25) is 0 Å². The number of hydrazine groups is 1. The maximum atomic E-state index is 13.8. The predicted molar refractivity (Wildman–Crippen MR) is 113 cm³/mol. The van der Waals surface area contributed by atoms with Gasteiger partial charge in [-0.1, -0.05) is 60.7 Å². The number of benzene rings is 3. The van der Waals surface area contributed by atoms with Crippen molar-refractivity contribution in [2.75, 3.05) is 0 Å². The molecule has 4 aromatic rings. The Kier molecular flexibility index (Phi) is 5.53. The monoisotopic (exact) mass is 416 g/mol. The molecule has 0 spiro atoms. The van der Waals surface area contributed by atoms with E-state index in [2.05, 4.69) is 16.0 Å². The Bertz CT molecular complexity index is 1340. The number of nitrogens with zero attached hydrogens (tertiary/aromatic N) is 2. The highest BCUT2D eigenvalue weighted by Gasteiger charge is 2.18.